The Hall–Kier alpha value is -7.37. The van der Waals surface area contributed by atoms with Crippen LogP contribution in [0.25, 0.3) is 11.1 Å². The Kier molecular flexibility index (Phi) is 12.8. The summed E-state index contributed by atoms with van der Waals surface area (Å²) < 4.78 is 12.6. The lowest BCUT2D eigenvalue weighted by Gasteiger charge is -2.28. The summed E-state index contributed by atoms with van der Waals surface area (Å²) in [6.07, 6.45) is 2.07. The molecule has 320 valence electrons. The van der Waals surface area contributed by atoms with Crippen molar-refractivity contribution in [2.75, 3.05) is 9.80 Å². The van der Waals surface area contributed by atoms with Crippen LogP contribution in [0.3, 0.4) is 0 Å². The third kappa shape index (κ3) is 10.3. The molecule has 0 spiro atoms. The van der Waals surface area contributed by atoms with Crippen LogP contribution in [0, 0.1) is 0 Å². The topological polar surface area (TPSA) is 42.0 Å². The van der Waals surface area contributed by atoms with Crippen LogP contribution in [0.2, 0.25) is 0 Å². The molecule has 8 rings (SSSR count). The second kappa shape index (κ2) is 18.9. The smallest absolute Gasteiger partial charge is 0.193 e. The first kappa shape index (κ1) is 43.3. The van der Waals surface area contributed by atoms with Crippen LogP contribution in [0.15, 0.2) is 206 Å². The van der Waals surface area contributed by atoms with Gasteiger partial charge >= 0.3 is 0 Å². The van der Waals surface area contributed by atoms with E-state index in [4.69, 9.17) is 9.47 Å². The van der Waals surface area contributed by atoms with Crippen molar-refractivity contribution in [3.8, 4) is 28.4 Å². The van der Waals surface area contributed by atoms with Crippen molar-refractivity contribution >= 4 is 39.9 Å². The van der Waals surface area contributed by atoms with E-state index in [-0.39, 0.29) is 16.8 Å². The molecule has 0 bridgehead atoms. The maximum Gasteiger partial charge on any atom is 0.193 e. The van der Waals surface area contributed by atoms with Crippen LogP contribution in [0.4, 0.5) is 34.1 Å². The number of nitrogens with zero attached hydrogens (tertiary/aromatic N) is 2. The SMILES string of the molecule is CCCC(C)(C)Oc1ccc(N(c2ccccc2)c2ccc(-c3ccc(N(c4ccccc4)c4ccc(Oc5ccc(C(=O)c6ccc(C(C)(C)C)cc6)cc5)cc4)cc3)cc2)cc1. The van der Waals surface area contributed by atoms with Gasteiger partial charge in [0.2, 0.25) is 0 Å². The summed E-state index contributed by atoms with van der Waals surface area (Å²) in [5.41, 5.74) is 10.9. The molecule has 0 fully saturated rings. The zero-order chi connectivity index (χ0) is 44.7. The van der Waals surface area contributed by atoms with Crippen molar-refractivity contribution in [1.82, 2.24) is 0 Å². The van der Waals surface area contributed by atoms with Gasteiger partial charge in [-0.3, -0.25) is 4.79 Å². The van der Waals surface area contributed by atoms with Crippen LogP contribution in [-0.2, 0) is 5.41 Å². The first-order valence-corrected chi connectivity index (χ1v) is 22.2. The zero-order valence-electron chi connectivity index (χ0n) is 37.7. The van der Waals surface area contributed by atoms with E-state index < -0.39 is 0 Å². The van der Waals surface area contributed by atoms with E-state index in [1.54, 1.807) is 0 Å². The van der Waals surface area contributed by atoms with E-state index in [2.05, 4.69) is 185 Å². The third-order valence-electron chi connectivity index (χ3n) is 11.4. The van der Waals surface area contributed by atoms with Gasteiger partial charge in [0.1, 0.15) is 22.8 Å². The van der Waals surface area contributed by atoms with Gasteiger partial charge in [-0.15, -0.1) is 0 Å². The highest BCUT2D eigenvalue weighted by molar-refractivity contribution is 6.09. The minimum atomic E-state index is -0.216. The highest BCUT2D eigenvalue weighted by atomic mass is 16.5. The molecule has 0 N–H and O–H groups in total. The molecule has 5 heteroatoms. The molecule has 0 unspecified atom stereocenters. The van der Waals surface area contributed by atoms with Crippen molar-refractivity contribution in [1.29, 1.82) is 0 Å². The first-order chi connectivity index (χ1) is 30.9. The number of ketones is 1. The highest BCUT2D eigenvalue weighted by Crippen LogP contribution is 2.39. The van der Waals surface area contributed by atoms with E-state index in [0.717, 1.165) is 63.8 Å². The van der Waals surface area contributed by atoms with Gasteiger partial charge in [-0.2, -0.15) is 0 Å². The Labute approximate surface area is 379 Å². The second-order valence-corrected chi connectivity index (χ2v) is 17.8. The fraction of sp³-hybridized carbons (Fsp3) is 0.169. The largest absolute Gasteiger partial charge is 0.488 e. The molecule has 0 amide bonds. The van der Waals surface area contributed by atoms with Gasteiger partial charge in [0.05, 0.1) is 0 Å². The van der Waals surface area contributed by atoms with E-state index in [1.807, 2.05) is 72.8 Å². The van der Waals surface area contributed by atoms with Crippen molar-refractivity contribution in [3.63, 3.8) is 0 Å². The Balaban J connectivity index is 0.977. The molecule has 0 aliphatic carbocycles. The number of rotatable bonds is 15. The van der Waals surface area contributed by atoms with E-state index >= 15 is 0 Å². The fourth-order valence-electron chi connectivity index (χ4n) is 8.05. The standard InChI is InChI=1S/C59H56N2O3/c1-7-42-59(5,6)64-56-40-34-53(35-41-56)61(49-16-12-9-13-17-49)51-30-22-44(23-31-51)43-20-28-50(29-21-43)60(48-14-10-8-11-15-48)52-32-38-55(39-33-52)63-54-36-24-46(25-37-54)57(62)45-18-26-47(27-19-45)58(2,3)4/h8-41H,7,42H2,1-6H3. The highest BCUT2D eigenvalue weighted by Gasteiger charge is 2.20. The summed E-state index contributed by atoms with van der Waals surface area (Å²) in [5.74, 6) is 2.23. The van der Waals surface area contributed by atoms with Gasteiger partial charge in [-0.25, -0.2) is 0 Å². The van der Waals surface area contributed by atoms with Crippen LogP contribution >= 0.6 is 0 Å². The van der Waals surface area contributed by atoms with Gasteiger partial charge in [-0.1, -0.05) is 119 Å². The lowest BCUT2D eigenvalue weighted by Crippen LogP contribution is -2.27. The maximum absolute atomic E-state index is 13.2. The van der Waals surface area contributed by atoms with E-state index in [1.165, 1.54) is 5.56 Å². The summed E-state index contributed by atoms with van der Waals surface area (Å²) in [5, 5.41) is 0. The Morgan fingerprint density at radius 3 is 1.16 bits per heavy atom. The van der Waals surface area contributed by atoms with Gasteiger partial charge in [0.15, 0.2) is 5.78 Å². The van der Waals surface area contributed by atoms with Crippen LogP contribution < -0.4 is 19.3 Å². The van der Waals surface area contributed by atoms with Crippen molar-refractivity contribution in [3.05, 3.63) is 223 Å². The molecule has 0 aromatic heterocycles. The summed E-state index contributed by atoms with van der Waals surface area (Å²) in [6, 6.07) is 70.0. The molecular weight excluding hydrogens is 785 g/mol. The molecule has 0 heterocycles. The normalized spacial score (nSPS) is 11.5. The molecule has 8 aromatic rings. The minimum Gasteiger partial charge on any atom is -0.488 e. The number of carbonyl (C=O) groups is 1. The number of hydrogen-bond acceptors (Lipinski definition) is 5. The summed E-state index contributed by atoms with van der Waals surface area (Å²) >= 11 is 0. The molecule has 0 aliphatic heterocycles. The van der Waals surface area contributed by atoms with Crippen molar-refractivity contribution in [2.45, 2.75) is 65.4 Å². The van der Waals surface area contributed by atoms with E-state index in [0.29, 0.717) is 22.6 Å². The monoisotopic (exact) mass is 840 g/mol. The molecule has 0 saturated heterocycles. The Morgan fingerprint density at radius 1 is 0.422 bits per heavy atom. The number of carbonyl (C=O) groups excluding carboxylic acids is 1. The summed E-state index contributed by atoms with van der Waals surface area (Å²) in [4.78, 5) is 17.7. The first-order valence-electron chi connectivity index (χ1n) is 22.2. The molecule has 64 heavy (non-hydrogen) atoms. The zero-order valence-corrected chi connectivity index (χ0v) is 37.7. The number of hydrogen-bond donors (Lipinski definition) is 0. The fourth-order valence-corrected chi connectivity index (χ4v) is 8.05. The lowest BCUT2D eigenvalue weighted by molar-refractivity contribution is 0.0985. The average Bonchev–Trinajstić information content (AvgIpc) is 3.31. The van der Waals surface area contributed by atoms with Crippen LogP contribution in [0.5, 0.6) is 17.2 Å². The number of para-hydroxylation sites is 2. The molecule has 0 saturated carbocycles. The Morgan fingerprint density at radius 2 is 0.766 bits per heavy atom. The minimum absolute atomic E-state index is 0.00972. The number of anilines is 6. The Bertz CT molecular complexity index is 2740. The summed E-state index contributed by atoms with van der Waals surface area (Å²) in [6.45, 7) is 13.0. The molecule has 0 atom stereocenters. The predicted octanol–water partition coefficient (Wildman–Crippen LogP) is 16.6. The van der Waals surface area contributed by atoms with Crippen molar-refractivity contribution in [2.24, 2.45) is 0 Å². The molecule has 8 aromatic carbocycles. The number of ether oxygens (including phenoxy) is 2. The van der Waals surface area contributed by atoms with Gasteiger partial charge < -0.3 is 19.3 Å². The second-order valence-electron chi connectivity index (χ2n) is 17.8. The third-order valence-corrected chi connectivity index (χ3v) is 11.4. The van der Waals surface area contributed by atoms with Gasteiger partial charge in [0.25, 0.3) is 0 Å². The molecule has 0 aliphatic rings. The molecule has 0 radical (unpaired) electrons. The molecule has 5 nitrogen and oxygen atoms in total. The van der Waals surface area contributed by atoms with Gasteiger partial charge in [0, 0.05) is 45.3 Å². The molecular formula is C59H56N2O3. The maximum atomic E-state index is 13.2. The van der Waals surface area contributed by atoms with Crippen LogP contribution in [0.1, 0.15) is 75.9 Å². The van der Waals surface area contributed by atoms with Crippen molar-refractivity contribution < 1.29 is 14.3 Å². The number of benzene rings is 8. The average molecular weight is 841 g/mol. The van der Waals surface area contributed by atoms with Crippen LogP contribution in [-0.4, -0.2) is 11.4 Å². The quantitative estimate of drug-likeness (QED) is 0.0962. The summed E-state index contributed by atoms with van der Waals surface area (Å²) in [7, 11) is 0. The lowest BCUT2D eigenvalue weighted by atomic mass is 9.86. The van der Waals surface area contributed by atoms with Gasteiger partial charge in [-0.05, 0) is 164 Å². The van der Waals surface area contributed by atoms with E-state index in [9.17, 15) is 4.79 Å². The predicted molar refractivity (Wildman–Crippen MR) is 266 cm³/mol.